The summed E-state index contributed by atoms with van der Waals surface area (Å²) in [5, 5.41) is 0. The Kier molecular flexibility index (Phi) is 72.1. The molecule has 1 aliphatic carbocycles. The third kappa shape index (κ3) is 61.0. The van der Waals surface area contributed by atoms with Crippen LogP contribution in [0.1, 0.15) is 107 Å². The Bertz CT molecular complexity index is 413. The smallest absolute Gasteiger partial charge is 1.00 e. The van der Waals surface area contributed by atoms with Crippen molar-refractivity contribution in [2.24, 2.45) is 5.92 Å². The fraction of sp³-hybridized carbons (Fsp3) is 0.852. The van der Waals surface area contributed by atoms with Gasteiger partial charge in [-0.25, -0.2) is 5.57 Å². The van der Waals surface area contributed by atoms with Crippen LogP contribution in [0.2, 0.25) is 13.1 Å². The Hall–Kier alpha value is 1.000. The van der Waals surface area contributed by atoms with Gasteiger partial charge >= 0.3 is 41.9 Å². The number of halogens is 2. The van der Waals surface area contributed by atoms with E-state index >= 15 is 0 Å². The van der Waals surface area contributed by atoms with E-state index in [4.69, 9.17) is 22.9 Å². The fourth-order valence-corrected chi connectivity index (χ4v) is 1.87. The molecule has 0 radical (unpaired) electrons. The zero-order chi connectivity index (χ0) is 27.1. The molecule has 1 atom stereocenters. The molecule has 4 nitrogen and oxygen atoms in total. The van der Waals surface area contributed by atoms with Crippen molar-refractivity contribution >= 4 is 5.43 Å². The summed E-state index contributed by atoms with van der Waals surface area (Å²) in [6, 6.07) is 0. The monoisotopic (exact) mass is 627 g/mol. The number of rotatable bonds is 8. The van der Waals surface area contributed by atoms with Gasteiger partial charge in [-0.05, 0) is 0 Å². The third-order valence-corrected chi connectivity index (χ3v) is 4.36. The van der Waals surface area contributed by atoms with Crippen molar-refractivity contribution in [3.63, 3.8) is 0 Å². The van der Waals surface area contributed by atoms with Gasteiger partial charge in [-0.1, -0.05) is 106 Å². The van der Waals surface area contributed by atoms with Crippen LogP contribution in [-0.2, 0) is 23.3 Å². The molecular weight excluding hydrogens is 571 g/mol. The molecule has 0 aromatic carbocycles. The van der Waals surface area contributed by atoms with E-state index in [0.717, 1.165) is 51.4 Å². The van der Waals surface area contributed by atoms with Gasteiger partial charge in [0.15, 0.2) is 0 Å². The van der Waals surface area contributed by atoms with E-state index in [1.165, 1.54) is 16.7 Å². The second kappa shape index (κ2) is 48.1. The molecule has 0 heterocycles. The van der Waals surface area contributed by atoms with Crippen LogP contribution in [0, 0.1) is 12.0 Å². The molecule has 1 rings (SSSR count). The first kappa shape index (κ1) is 52.4. The summed E-state index contributed by atoms with van der Waals surface area (Å²) in [6.07, 6.45) is 12.2. The standard InChI is InChI=1S/C9H13.4C4H10N.C2H6Si.2ClH.Zr/c1-6-5-7(2)9(4)8(6)3;4*1-2-3-4-5;1-3-2;;;/h6H,1-4H3;4*5H,2-4H2,1H3;1-2H3;2*1H;/q5*-1;;;;+2/p-2. The second-order valence-corrected chi connectivity index (χ2v) is 17.6. The minimum Gasteiger partial charge on any atom is -1.00 e. The molecule has 214 valence electrons. The molecule has 0 saturated heterocycles. The average molecular weight is 630 g/mol. The molecule has 0 fully saturated rings. The Morgan fingerprint density at radius 2 is 0.914 bits per heavy atom. The average Bonchev–Trinajstić information content (AvgIpc) is 2.97. The second-order valence-electron chi connectivity index (χ2n) is 8.21. The van der Waals surface area contributed by atoms with Crippen molar-refractivity contribution in [3.05, 3.63) is 45.7 Å². The van der Waals surface area contributed by atoms with E-state index in [9.17, 15) is 0 Å². The van der Waals surface area contributed by atoms with Crippen molar-refractivity contribution in [2.45, 2.75) is 120 Å². The molecule has 4 N–H and O–H groups in total. The van der Waals surface area contributed by atoms with E-state index in [0.29, 0.717) is 32.1 Å². The van der Waals surface area contributed by atoms with E-state index in [1.54, 1.807) is 23.3 Å². The predicted molar refractivity (Wildman–Crippen MR) is 154 cm³/mol. The Morgan fingerprint density at radius 1 is 0.686 bits per heavy atom. The van der Waals surface area contributed by atoms with Crippen LogP contribution in [0.15, 0.2) is 16.7 Å². The molecule has 8 heteroatoms. The number of hydrogen-bond acceptors (Lipinski definition) is 0. The molecule has 0 aromatic rings. The Labute approximate surface area is 249 Å². The number of unbranched alkanes of at least 4 members (excludes halogenated alkanes) is 4. The summed E-state index contributed by atoms with van der Waals surface area (Å²) in [5.41, 5.74) is 30.9. The van der Waals surface area contributed by atoms with Crippen LogP contribution in [0.25, 0.3) is 22.9 Å². The number of allylic oxidation sites excluding steroid dienone is 4. The molecule has 1 unspecified atom stereocenters. The molecule has 0 aromatic heterocycles. The van der Waals surface area contributed by atoms with Crippen LogP contribution < -0.4 is 24.8 Å². The Balaban J connectivity index is -0.0000000547. The van der Waals surface area contributed by atoms with Crippen LogP contribution in [-0.4, -0.2) is 31.6 Å². The van der Waals surface area contributed by atoms with Gasteiger partial charge in [-0.2, -0.15) is 37.3 Å². The van der Waals surface area contributed by atoms with Gasteiger partial charge in [0.2, 0.25) is 0 Å². The van der Waals surface area contributed by atoms with Gasteiger partial charge < -0.3 is 47.7 Å². The minimum absolute atomic E-state index is 0. The van der Waals surface area contributed by atoms with Crippen molar-refractivity contribution in [3.8, 4) is 0 Å². The molecule has 0 amide bonds. The SMILES string of the molecule is CC1=[C-]C(C)C(C)=C1C.CCCC[NH-].CCCC[NH-].CCCC[NH-].CCCC[NH-].C[Si](C)=[Zr+2].[Cl-].[Cl-]. The molecule has 0 bridgehead atoms. The van der Waals surface area contributed by atoms with Crippen molar-refractivity contribution in [1.82, 2.24) is 0 Å². The van der Waals surface area contributed by atoms with Gasteiger partial charge in [0.25, 0.3) is 0 Å². The van der Waals surface area contributed by atoms with Crippen molar-refractivity contribution < 1.29 is 48.1 Å². The van der Waals surface area contributed by atoms with Crippen molar-refractivity contribution in [1.29, 1.82) is 0 Å². The van der Waals surface area contributed by atoms with Crippen molar-refractivity contribution in [2.75, 3.05) is 26.2 Å². The van der Waals surface area contributed by atoms with Gasteiger partial charge in [0, 0.05) is 0 Å². The summed E-state index contributed by atoms with van der Waals surface area (Å²) < 4.78 is 0. The van der Waals surface area contributed by atoms with E-state index in [-0.39, 0.29) is 30.2 Å². The summed E-state index contributed by atoms with van der Waals surface area (Å²) in [7, 11) is 0. The van der Waals surface area contributed by atoms with Crippen LogP contribution in [0.3, 0.4) is 0 Å². The molecule has 0 spiro atoms. The summed E-state index contributed by atoms with van der Waals surface area (Å²) in [4.78, 5) is 0. The van der Waals surface area contributed by atoms with Gasteiger partial charge in [0.05, 0.1) is 0 Å². The molecule has 0 aliphatic heterocycles. The first-order chi connectivity index (χ1) is 15.5. The first-order valence-electron chi connectivity index (χ1n) is 12.9. The normalized spacial score (nSPS) is 12.6. The molecule has 0 saturated carbocycles. The van der Waals surface area contributed by atoms with Gasteiger partial charge in [-0.3, -0.25) is 6.08 Å². The van der Waals surface area contributed by atoms with Gasteiger partial charge in [0.1, 0.15) is 0 Å². The van der Waals surface area contributed by atoms with Gasteiger partial charge in [-0.15, -0.1) is 6.92 Å². The van der Waals surface area contributed by atoms with E-state index in [2.05, 4.69) is 74.6 Å². The minimum atomic E-state index is 0. The number of nitrogens with one attached hydrogen (secondary N) is 4. The zero-order valence-corrected chi connectivity index (χ0v) is 29.8. The summed E-state index contributed by atoms with van der Waals surface area (Å²) in [5.74, 6) is 0.560. The maximum atomic E-state index is 6.60. The summed E-state index contributed by atoms with van der Waals surface area (Å²) >= 11 is 1.74. The van der Waals surface area contributed by atoms with E-state index in [1.807, 2.05) is 0 Å². The third-order valence-electron chi connectivity index (χ3n) is 4.36. The van der Waals surface area contributed by atoms with E-state index < -0.39 is 0 Å². The predicted octanol–water partition coefficient (Wildman–Crippen LogP) is 4.87. The first-order valence-corrected chi connectivity index (χ1v) is 19.1. The largest absolute Gasteiger partial charge is 1.00 e. The summed E-state index contributed by atoms with van der Waals surface area (Å²) in [6.45, 7) is 24.0. The molecule has 1 aliphatic rings. The van der Waals surface area contributed by atoms with Crippen LogP contribution >= 0.6 is 0 Å². The van der Waals surface area contributed by atoms with Crippen LogP contribution in [0.5, 0.6) is 0 Å². The maximum Gasteiger partial charge on any atom is -1.00 e. The number of hydrogen-bond donors (Lipinski definition) is 0. The maximum absolute atomic E-state index is 6.60. The zero-order valence-electron chi connectivity index (χ0n) is 24.8. The Morgan fingerprint density at radius 3 is 0.943 bits per heavy atom. The quantitative estimate of drug-likeness (QED) is 0.271. The van der Waals surface area contributed by atoms with Crippen LogP contribution in [0.4, 0.5) is 0 Å². The topological polar surface area (TPSA) is 95.2 Å². The molecular formula is C27H59Cl2N4SiZr-5. The molecule has 35 heavy (non-hydrogen) atoms. The fourth-order valence-electron chi connectivity index (χ4n) is 1.87.